The molecule has 2 N–H and O–H groups in total. The molecular weight excluding hydrogens is 421 g/mol. The summed E-state index contributed by atoms with van der Waals surface area (Å²) in [4.78, 5) is 24.0. The van der Waals surface area contributed by atoms with Crippen molar-refractivity contribution >= 4 is 23.7 Å². The van der Waals surface area contributed by atoms with E-state index in [0.29, 0.717) is 5.56 Å². The molecule has 158 valence electrons. The minimum absolute atomic E-state index is 0.0675. The Hall–Kier alpha value is -3.38. The summed E-state index contributed by atoms with van der Waals surface area (Å²) < 4.78 is 18.9. The molecule has 1 atom stereocenters. The molecule has 31 heavy (non-hydrogen) atoms. The van der Waals surface area contributed by atoms with Crippen LogP contribution in [0.4, 0.5) is 9.18 Å². The molecule has 0 saturated carbocycles. The fraction of sp³-hybridized carbons (Fsp3) is 0.167. The van der Waals surface area contributed by atoms with Crippen molar-refractivity contribution in [2.75, 3.05) is 6.61 Å². The van der Waals surface area contributed by atoms with E-state index in [1.165, 1.54) is 12.1 Å². The van der Waals surface area contributed by atoms with Crippen molar-refractivity contribution in [3.63, 3.8) is 0 Å². The van der Waals surface area contributed by atoms with Crippen LogP contribution >= 0.6 is 11.6 Å². The van der Waals surface area contributed by atoms with Crippen molar-refractivity contribution in [1.82, 2.24) is 5.32 Å². The molecule has 3 aromatic rings. The SMILES string of the molecule is O=C(N[C@@H](Cc1cc(F)cc(Cl)c1)C(=O)O)OCC1c2ccccc2-c2ccccc21. The van der Waals surface area contributed by atoms with E-state index >= 15 is 0 Å². The Kier molecular flexibility index (Phi) is 5.91. The molecule has 0 bridgehead atoms. The molecule has 7 heteroatoms. The largest absolute Gasteiger partial charge is 0.480 e. The van der Waals surface area contributed by atoms with Gasteiger partial charge in [-0.1, -0.05) is 60.1 Å². The molecular formula is C24H19ClFNO4. The summed E-state index contributed by atoms with van der Waals surface area (Å²) in [6.45, 7) is 0.0675. The lowest BCUT2D eigenvalue weighted by Gasteiger charge is -2.17. The molecule has 0 radical (unpaired) electrons. The molecule has 5 nitrogen and oxygen atoms in total. The van der Waals surface area contributed by atoms with Gasteiger partial charge >= 0.3 is 12.1 Å². The Labute approximate surface area is 183 Å². The predicted molar refractivity (Wildman–Crippen MR) is 115 cm³/mol. The molecule has 0 unspecified atom stereocenters. The van der Waals surface area contributed by atoms with Gasteiger partial charge < -0.3 is 15.2 Å². The van der Waals surface area contributed by atoms with Gasteiger partial charge in [-0.2, -0.15) is 0 Å². The number of hydrogen-bond donors (Lipinski definition) is 2. The van der Waals surface area contributed by atoms with E-state index in [4.69, 9.17) is 16.3 Å². The van der Waals surface area contributed by atoms with Gasteiger partial charge in [-0.3, -0.25) is 0 Å². The number of fused-ring (bicyclic) bond motifs is 3. The van der Waals surface area contributed by atoms with Gasteiger partial charge in [-0.05, 0) is 46.0 Å². The van der Waals surface area contributed by atoms with Gasteiger partial charge in [-0.15, -0.1) is 0 Å². The zero-order valence-electron chi connectivity index (χ0n) is 16.3. The zero-order valence-corrected chi connectivity index (χ0v) is 17.1. The monoisotopic (exact) mass is 439 g/mol. The molecule has 3 aromatic carbocycles. The van der Waals surface area contributed by atoms with Gasteiger partial charge in [0.05, 0.1) is 0 Å². The summed E-state index contributed by atoms with van der Waals surface area (Å²) in [6, 6.07) is 18.3. The minimum atomic E-state index is -1.28. The van der Waals surface area contributed by atoms with E-state index in [0.717, 1.165) is 28.3 Å². The highest BCUT2D eigenvalue weighted by atomic mass is 35.5. The van der Waals surface area contributed by atoms with E-state index in [1.807, 2.05) is 48.5 Å². The number of carboxylic acid groups (broad SMARTS) is 1. The molecule has 0 fully saturated rings. The highest BCUT2D eigenvalue weighted by molar-refractivity contribution is 6.30. The van der Waals surface area contributed by atoms with Crippen molar-refractivity contribution in [1.29, 1.82) is 0 Å². The van der Waals surface area contributed by atoms with Crippen molar-refractivity contribution in [2.45, 2.75) is 18.4 Å². The molecule has 1 aliphatic rings. The highest BCUT2D eigenvalue weighted by Crippen LogP contribution is 2.44. The smallest absolute Gasteiger partial charge is 0.407 e. The lowest BCUT2D eigenvalue weighted by molar-refractivity contribution is -0.139. The van der Waals surface area contributed by atoms with Crippen LogP contribution in [0.25, 0.3) is 11.1 Å². The summed E-state index contributed by atoms with van der Waals surface area (Å²) in [7, 11) is 0. The van der Waals surface area contributed by atoms with Gasteiger partial charge in [0.25, 0.3) is 0 Å². The van der Waals surface area contributed by atoms with Crippen LogP contribution in [0.5, 0.6) is 0 Å². The van der Waals surface area contributed by atoms with Crippen molar-refractivity contribution in [3.8, 4) is 11.1 Å². The summed E-state index contributed by atoms with van der Waals surface area (Å²) >= 11 is 5.82. The number of aliphatic carboxylic acids is 1. The second-order valence-corrected chi connectivity index (χ2v) is 7.78. The second kappa shape index (κ2) is 8.78. The fourth-order valence-corrected chi connectivity index (χ4v) is 4.19. The summed E-state index contributed by atoms with van der Waals surface area (Å²) in [5, 5.41) is 12.0. The molecule has 1 amide bonds. The summed E-state index contributed by atoms with van der Waals surface area (Å²) in [5.74, 6) is -1.97. The second-order valence-electron chi connectivity index (χ2n) is 7.34. The Balaban J connectivity index is 1.44. The maximum atomic E-state index is 13.5. The summed E-state index contributed by atoms with van der Waals surface area (Å²) in [5.41, 5.74) is 4.66. The third-order valence-electron chi connectivity index (χ3n) is 5.30. The molecule has 1 aliphatic carbocycles. The normalized spacial score (nSPS) is 13.2. The number of alkyl carbamates (subject to hydrolysis) is 1. The highest BCUT2D eigenvalue weighted by Gasteiger charge is 2.29. The van der Waals surface area contributed by atoms with Gasteiger partial charge in [-0.25, -0.2) is 14.0 Å². The van der Waals surface area contributed by atoms with Crippen LogP contribution in [0, 0.1) is 5.82 Å². The van der Waals surface area contributed by atoms with Gasteiger partial charge in [0.15, 0.2) is 0 Å². The third kappa shape index (κ3) is 4.54. The number of carbonyl (C=O) groups is 2. The molecule has 0 saturated heterocycles. The zero-order chi connectivity index (χ0) is 22.0. The van der Waals surface area contributed by atoms with Crippen LogP contribution in [0.2, 0.25) is 5.02 Å². The van der Waals surface area contributed by atoms with Crippen molar-refractivity contribution < 1.29 is 23.8 Å². The average molecular weight is 440 g/mol. The van der Waals surface area contributed by atoms with Crippen LogP contribution in [-0.2, 0) is 16.0 Å². The number of halogens is 2. The number of rotatable bonds is 6. The van der Waals surface area contributed by atoms with E-state index in [-0.39, 0.29) is 24.0 Å². The van der Waals surface area contributed by atoms with Crippen LogP contribution < -0.4 is 5.32 Å². The Morgan fingerprint density at radius 1 is 1.03 bits per heavy atom. The maximum absolute atomic E-state index is 13.5. The number of benzene rings is 3. The van der Waals surface area contributed by atoms with Gasteiger partial charge in [0.2, 0.25) is 0 Å². The first-order valence-corrected chi connectivity index (χ1v) is 10.1. The van der Waals surface area contributed by atoms with Gasteiger partial charge in [0.1, 0.15) is 18.5 Å². The third-order valence-corrected chi connectivity index (χ3v) is 5.51. The standard InChI is InChI=1S/C24H19ClFNO4/c25-15-9-14(10-16(26)12-15)11-22(23(28)29)27-24(30)31-13-21-19-7-3-1-5-17(19)18-6-2-4-8-20(18)21/h1-10,12,21-22H,11,13H2,(H,27,30)(H,28,29)/t22-/m0/s1. The van der Waals surface area contributed by atoms with Crippen LogP contribution in [-0.4, -0.2) is 29.8 Å². The lowest BCUT2D eigenvalue weighted by atomic mass is 9.98. The first-order chi connectivity index (χ1) is 14.9. The molecule has 0 spiro atoms. The molecule has 4 rings (SSSR count). The molecule has 0 aliphatic heterocycles. The summed E-state index contributed by atoms with van der Waals surface area (Å²) in [6.07, 6.45) is -0.978. The quantitative estimate of drug-likeness (QED) is 0.566. The Morgan fingerprint density at radius 3 is 2.23 bits per heavy atom. The predicted octanol–water partition coefficient (Wildman–Crippen LogP) is 5.01. The fourth-order valence-electron chi connectivity index (χ4n) is 3.95. The minimum Gasteiger partial charge on any atom is -0.480 e. The number of hydrogen-bond acceptors (Lipinski definition) is 3. The van der Waals surface area contributed by atoms with Crippen LogP contribution in [0.15, 0.2) is 66.7 Å². The number of amides is 1. The topological polar surface area (TPSA) is 75.6 Å². The Morgan fingerprint density at radius 2 is 1.65 bits per heavy atom. The van der Waals surface area contributed by atoms with Crippen molar-refractivity contribution in [2.24, 2.45) is 0 Å². The number of ether oxygens (including phenoxy) is 1. The lowest BCUT2D eigenvalue weighted by Crippen LogP contribution is -2.42. The van der Waals surface area contributed by atoms with E-state index in [1.54, 1.807) is 0 Å². The first kappa shape index (κ1) is 20.9. The van der Waals surface area contributed by atoms with E-state index < -0.39 is 23.9 Å². The van der Waals surface area contributed by atoms with Crippen LogP contribution in [0.1, 0.15) is 22.6 Å². The number of nitrogens with one attached hydrogen (secondary N) is 1. The number of carbonyl (C=O) groups excluding carboxylic acids is 1. The van der Waals surface area contributed by atoms with E-state index in [9.17, 15) is 19.1 Å². The van der Waals surface area contributed by atoms with Crippen molar-refractivity contribution in [3.05, 3.63) is 94.3 Å². The van der Waals surface area contributed by atoms with Crippen LogP contribution in [0.3, 0.4) is 0 Å². The average Bonchev–Trinajstić information content (AvgIpc) is 3.05. The molecule has 0 heterocycles. The van der Waals surface area contributed by atoms with Gasteiger partial charge in [0, 0.05) is 17.4 Å². The van der Waals surface area contributed by atoms with E-state index in [2.05, 4.69) is 5.32 Å². The first-order valence-electron chi connectivity index (χ1n) is 9.71. The molecule has 0 aromatic heterocycles. The maximum Gasteiger partial charge on any atom is 0.407 e. The Bertz CT molecular complexity index is 1080. The number of carboxylic acids is 1.